The summed E-state index contributed by atoms with van der Waals surface area (Å²) < 4.78 is 0. The normalized spacial score (nSPS) is 24.6. The molecule has 1 aromatic rings. The molecule has 0 radical (unpaired) electrons. The van der Waals surface area contributed by atoms with Crippen LogP contribution in [0.5, 0.6) is 0 Å². The van der Waals surface area contributed by atoms with Crippen LogP contribution in [0.3, 0.4) is 0 Å². The fourth-order valence-corrected chi connectivity index (χ4v) is 3.95. The van der Waals surface area contributed by atoms with Crippen LogP contribution in [0.15, 0.2) is 16.6 Å². The van der Waals surface area contributed by atoms with Gasteiger partial charge in [0.05, 0.1) is 6.54 Å². The van der Waals surface area contributed by atoms with E-state index in [0.717, 1.165) is 30.1 Å². The number of nitrogens with zero attached hydrogens (tertiary/aromatic N) is 3. The molecule has 1 aliphatic heterocycles. The second-order valence-corrected chi connectivity index (χ2v) is 6.89. The third-order valence-corrected chi connectivity index (χ3v) is 5.30. The molecule has 2 aliphatic rings. The summed E-state index contributed by atoms with van der Waals surface area (Å²) >= 11 is 1.67. The molecule has 3 rings (SSSR count). The van der Waals surface area contributed by atoms with E-state index >= 15 is 0 Å². The number of nitrogens with one attached hydrogen (secondary N) is 2. The van der Waals surface area contributed by atoms with E-state index in [0.29, 0.717) is 6.04 Å². The Kier molecular flexibility index (Phi) is 5.08. The van der Waals surface area contributed by atoms with Crippen molar-refractivity contribution in [2.75, 3.05) is 20.1 Å². The highest BCUT2D eigenvalue weighted by Crippen LogP contribution is 2.26. The van der Waals surface area contributed by atoms with Crippen LogP contribution in [0.1, 0.15) is 37.1 Å². The number of rotatable bonds is 4. The molecule has 0 bridgehead atoms. The Morgan fingerprint density at radius 2 is 2.29 bits per heavy atom. The number of hydrogen-bond acceptors (Lipinski definition) is 4. The van der Waals surface area contributed by atoms with Crippen molar-refractivity contribution in [3.05, 3.63) is 16.6 Å². The van der Waals surface area contributed by atoms with Gasteiger partial charge in [-0.3, -0.25) is 9.89 Å². The number of likely N-dealkylation sites (tertiary alicyclic amines) is 1. The van der Waals surface area contributed by atoms with Gasteiger partial charge in [-0.1, -0.05) is 12.8 Å². The molecule has 1 saturated heterocycles. The fraction of sp³-hybridized carbons (Fsp3) is 0.733. The van der Waals surface area contributed by atoms with Crippen LogP contribution in [0.25, 0.3) is 0 Å². The minimum atomic E-state index is 0.521. The zero-order chi connectivity index (χ0) is 14.5. The summed E-state index contributed by atoms with van der Waals surface area (Å²) in [6, 6.07) is 1.36. The van der Waals surface area contributed by atoms with Crippen molar-refractivity contribution in [3.8, 4) is 0 Å². The van der Waals surface area contributed by atoms with E-state index in [4.69, 9.17) is 0 Å². The highest BCUT2D eigenvalue weighted by molar-refractivity contribution is 7.09. The maximum atomic E-state index is 4.33. The highest BCUT2D eigenvalue weighted by Gasteiger charge is 2.30. The summed E-state index contributed by atoms with van der Waals surface area (Å²) in [6.07, 6.45) is 8.67. The van der Waals surface area contributed by atoms with Crippen molar-refractivity contribution in [2.24, 2.45) is 4.99 Å². The third kappa shape index (κ3) is 3.95. The van der Waals surface area contributed by atoms with Crippen LogP contribution in [-0.4, -0.2) is 48.1 Å². The van der Waals surface area contributed by atoms with Gasteiger partial charge in [0, 0.05) is 43.8 Å². The highest BCUT2D eigenvalue weighted by atomic mass is 32.1. The number of hydrogen-bond donors (Lipinski definition) is 2. The molecular weight excluding hydrogens is 282 g/mol. The Hall–Kier alpha value is -1.14. The first-order valence-electron chi connectivity index (χ1n) is 7.95. The Balaban J connectivity index is 1.44. The Bertz CT molecular complexity index is 453. The molecule has 1 atom stereocenters. The van der Waals surface area contributed by atoms with Gasteiger partial charge in [-0.2, -0.15) is 0 Å². The van der Waals surface area contributed by atoms with Crippen LogP contribution < -0.4 is 10.6 Å². The molecule has 116 valence electrons. The molecule has 1 aromatic heterocycles. The van der Waals surface area contributed by atoms with E-state index in [-0.39, 0.29) is 0 Å². The molecule has 2 fully saturated rings. The standard InChI is InChI=1S/C15H25N5S/c1-16-15(18-10-14-17-7-9-21-14)19-12-6-8-20(11-12)13-4-2-3-5-13/h7,9,12-13H,2-6,8,10-11H2,1H3,(H2,16,18,19). The molecule has 0 aromatic carbocycles. The van der Waals surface area contributed by atoms with Crippen molar-refractivity contribution in [2.45, 2.75) is 50.7 Å². The van der Waals surface area contributed by atoms with Gasteiger partial charge in [-0.05, 0) is 19.3 Å². The van der Waals surface area contributed by atoms with Crippen molar-refractivity contribution in [3.63, 3.8) is 0 Å². The van der Waals surface area contributed by atoms with Gasteiger partial charge in [-0.25, -0.2) is 4.98 Å². The van der Waals surface area contributed by atoms with E-state index in [1.54, 1.807) is 11.3 Å². The predicted molar refractivity (Wildman–Crippen MR) is 87.7 cm³/mol. The molecule has 21 heavy (non-hydrogen) atoms. The lowest BCUT2D eigenvalue weighted by Crippen LogP contribution is -2.45. The SMILES string of the molecule is CN=C(NCc1nccs1)NC1CCN(C2CCCC2)C1. The smallest absolute Gasteiger partial charge is 0.191 e. The Labute approximate surface area is 130 Å². The van der Waals surface area contributed by atoms with Crippen molar-refractivity contribution >= 4 is 17.3 Å². The Morgan fingerprint density at radius 3 is 3.00 bits per heavy atom. The van der Waals surface area contributed by atoms with Gasteiger partial charge in [0.1, 0.15) is 5.01 Å². The van der Waals surface area contributed by atoms with E-state index in [1.165, 1.54) is 38.6 Å². The van der Waals surface area contributed by atoms with Gasteiger partial charge >= 0.3 is 0 Å². The second-order valence-electron chi connectivity index (χ2n) is 5.91. The van der Waals surface area contributed by atoms with Crippen LogP contribution in [-0.2, 0) is 6.54 Å². The maximum absolute atomic E-state index is 4.33. The molecule has 1 saturated carbocycles. The monoisotopic (exact) mass is 307 g/mol. The lowest BCUT2D eigenvalue weighted by atomic mass is 10.2. The first kappa shape index (κ1) is 14.8. The summed E-state index contributed by atoms with van der Waals surface area (Å²) in [5, 5.41) is 10.0. The zero-order valence-electron chi connectivity index (χ0n) is 12.7. The van der Waals surface area contributed by atoms with E-state index in [1.807, 2.05) is 18.6 Å². The number of guanidine groups is 1. The molecule has 1 unspecified atom stereocenters. The summed E-state index contributed by atoms with van der Waals surface area (Å²) in [6.45, 7) is 3.13. The van der Waals surface area contributed by atoms with Crippen LogP contribution in [0.2, 0.25) is 0 Å². The lowest BCUT2D eigenvalue weighted by molar-refractivity contribution is 0.242. The van der Waals surface area contributed by atoms with Gasteiger partial charge < -0.3 is 10.6 Å². The molecule has 5 nitrogen and oxygen atoms in total. The second kappa shape index (κ2) is 7.22. The number of aromatic nitrogens is 1. The molecule has 0 amide bonds. The van der Waals surface area contributed by atoms with Crippen molar-refractivity contribution < 1.29 is 0 Å². The summed E-state index contributed by atoms with van der Waals surface area (Å²) in [5.41, 5.74) is 0. The fourth-order valence-electron chi connectivity index (χ4n) is 3.39. The quantitative estimate of drug-likeness (QED) is 0.658. The molecule has 2 heterocycles. The summed E-state index contributed by atoms with van der Waals surface area (Å²) in [5.74, 6) is 0.892. The van der Waals surface area contributed by atoms with Gasteiger partial charge in [0.15, 0.2) is 5.96 Å². The largest absolute Gasteiger partial charge is 0.352 e. The third-order valence-electron chi connectivity index (χ3n) is 4.52. The predicted octanol–water partition coefficient (Wildman–Crippen LogP) is 1.82. The minimum absolute atomic E-state index is 0.521. The van der Waals surface area contributed by atoms with Gasteiger partial charge in [-0.15, -0.1) is 11.3 Å². The topological polar surface area (TPSA) is 52.6 Å². The molecule has 1 aliphatic carbocycles. The van der Waals surface area contributed by atoms with Crippen molar-refractivity contribution in [1.29, 1.82) is 0 Å². The van der Waals surface area contributed by atoms with Crippen LogP contribution in [0, 0.1) is 0 Å². The number of thiazole rings is 1. The minimum Gasteiger partial charge on any atom is -0.352 e. The lowest BCUT2D eigenvalue weighted by Gasteiger charge is -2.24. The zero-order valence-corrected chi connectivity index (χ0v) is 13.5. The molecule has 2 N–H and O–H groups in total. The Morgan fingerprint density at radius 1 is 1.43 bits per heavy atom. The average molecular weight is 307 g/mol. The van der Waals surface area contributed by atoms with Gasteiger partial charge in [0.25, 0.3) is 0 Å². The van der Waals surface area contributed by atoms with E-state index < -0.39 is 0 Å². The van der Waals surface area contributed by atoms with Crippen LogP contribution in [0.4, 0.5) is 0 Å². The van der Waals surface area contributed by atoms with Crippen molar-refractivity contribution in [1.82, 2.24) is 20.5 Å². The summed E-state index contributed by atoms with van der Waals surface area (Å²) in [4.78, 5) is 11.3. The molecular formula is C15H25N5S. The van der Waals surface area contributed by atoms with Crippen LogP contribution >= 0.6 is 11.3 Å². The van der Waals surface area contributed by atoms with Gasteiger partial charge in [0.2, 0.25) is 0 Å². The summed E-state index contributed by atoms with van der Waals surface area (Å²) in [7, 11) is 1.83. The molecule has 0 spiro atoms. The number of aliphatic imine (C=N–C) groups is 1. The van der Waals surface area contributed by atoms with E-state index in [2.05, 4.69) is 25.5 Å². The maximum Gasteiger partial charge on any atom is 0.191 e. The first-order chi connectivity index (χ1) is 10.3. The molecule has 6 heteroatoms. The average Bonchev–Trinajstić information content (AvgIpc) is 3.24. The van der Waals surface area contributed by atoms with E-state index in [9.17, 15) is 0 Å². The first-order valence-corrected chi connectivity index (χ1v) is 8.82.